The maximum Gasteiger partial charge on any atom is 0.341 e. The summed E-state index contributed by atoms with van der Waals surface area (Å²) in [4.78, 5) is 27.4. The Morgan fingerprint density at radius 3 is 2.84 bits per heavy atom. The molecule has 0 unspecified atom stereocenters. The van der Waals surface area contributed by atoms with Gasteiger partial charge in [0.1, 0.15) is 15.8 Å². The number of carbonyl (C=O) groups is 2. The number of fused-ring (bicyclic) bond motifs is 1. The molecule has 1 amide bonds. The van der Waals surface area contributed by atoms with Crippen molar-refractivity contribution in [2.24, 2.45) is 5.92 Å². The second kappa shape index (κ2) is 9.93. The fraction of sp³-hybridized carbons (Fsp3) is 0.364. The van der Waals surface area contributed by atoms with Crippen molar-refractivity contribution in [3.8, 4) is 0 Å². The number of ether oxygens (including phenoxy) is 1. The zero-order valence-corrected chi connectivity index (χ0v) is 19.7. The van der Waals surface area contributed by atoms with Gasteiger partial charge in [-0.2, -0.15) is 0 Å². The summed E-state index contributed by atoms with van der Waals surface area (Å²) >= 11 is 4.25. The summed E-state index contributed by atoms with van der Waals surface area (Å²) < 4.78 is 6.04. The van der Waals surface area contributed by atoms with Crippen molar-refractivity contribution in [2.45, 2.75) is 42.7 Å². The van der Waals surface area contributed by atoms with Crippen molar-refractivity contribution in [2.75, 3.05) is 11.9 Å². The number of hydrogen-bond donors (Lipinski definition) is 1. The minimum absolute atomic E-state index is 0.191. The molecule has 31 heavy (non-hydrogen) atoms. The fourth-order valence-electron chi connectivity index (χ4n) is 3.65. The third kappa shape index (κ3) is 4.99. The van der Waals surface area contributed by atoms with E-state index in [0.29, 0.717) is 27.4 Å². The lowest BCUT2D eigenvalue weighted by Gasteiger charge is -2.18. The maximum absolute atomic E-state index is 13.4. The summed E-state index contributed by atoms with van der Waals surface area (Å²) in [6.45, 7) is 4.31. The molecule has 1 aliphatic rings. The molecule has 0 bridgehead atoms. The minimum atomic E-state index is -0.512. The summed E-state index contributed by atoms with van der Waals surface area (Å²) in [6, 6.07) is 9.58. The first-order valence-electron chi connectivity index (χ1n) is 10.2. The zero-order valence-electron chi connectivity index (χ0n) is 17.3. The molecule has 0 radical (unpaired) electrons. The molecule has 6 nitrogen and oxygen atoms in total. The molecule has 0 spiro atoms. The molecular weight excluding hydrogens is 450 g/mol. The molecule has 1 aliphatic carbocycles. The van der Waals surface area contributed by atoms with Gasteiger partial charge in [0.2, 0.25) is 5.91 Å². The minimum Gasteiger partial charge on any atom is -0.462 e. The van der Waals surface area contributed by atoms with Crippen LogP contribution in [0.4, 0.5) is 5.00 Å². The van der Waals surface area contributed by atoms with Gasteiger partial charge in [-0.3, -0.25) is 4.79 Å². The summed E-state index contributed by atoms with van der Waals surface area (Å²) in [5.41, 5.74) is 4.07. The summed E-state index contributed by atoms with van der Waals surface area (Å²) in [6.07, 6.45) is 2.78. The lowest BCUT2D eigenvalue weighted by atomic mass is 9.88. The van der Waals surface area contributed by atoms with E-state index in [2.05, 4.69) is 22.4 Å². The van der Waals surface area contributed by atoms with Crippen LogP contribution in [0.25, 0.3) is 0 Å². The number of carbonyl (C=O) groups excluding carboxylic acids is 2. The number of anilines is 1. The SMILES string of the molecule is CCOC(=O)c1c(NC(=O)[C@H](Sc2nncs2)c2ccccc2)sc2c1CC[C@@H](C)C2. The smallest absolute Gasteiger partial charge is 0.341 e. The van der Waals surface area contributed by atoms with E-state index in [9.17, 15) is 9.59 Å². The number of thioether (sulfide) groups is 1. The number of thiophene rings is 1. The Kier molecular flexibility index (Phi) is 7.04. The van der Waals surface area contributed by atoms with Gasteiger partial charge in [0.25, 0.3) is 0 Å². The highest BCUT2D eigenvalue weighted by atomic mass is 32.2. The van der Waals surface area contributed by atoms with Gasteiger partial charge in [0.15, 0.2) is 4.34 Å². The van der Waals surface area contributed by atoms with Crippen LogP contribution in [-0.4, -0.2) is 28.7 Å². The van der Waals surface area contributed by atoms with Crippen molar-refractivity contribution in [1.29, 1.82) is 0 Å². The number of hydrogen-bond acceptors (Lipinski definition) is 8. The quantitative estimate of drug-likeness (QED) is 0.367. The lowest BCUT2D eigenvalue weighted by Crippen LogP contribution is -2.20. The van der Waals surface area contributed by atoms with Gasteiger partial charge in [-0.05, 0) is 43.2 Å². The van der Waals surface area contributed by atoms with Crippen LogP contribution in [0.15, 0.2) is 40.2 Å². The number of benzene rings is 1. The molecule has 2 aromatic heterocycles. The monoisotopic (exact) mass is 473 g/mol. The third-order valence-electron chi connectivity index (χ3n) is 5.13. The van der Waals surface area contributed by atoms with Gasteiger partial charge in [-0.15, -0.1) is 21.5 Å². The van der Waals surface area contributed by atoms with Crippen molar-refractivity contribution in [3.05, 3.63) is 57.4 Å². The molecule has 0 fully saturated rings. The largest absolute Gasteiger partial charge is 0.462 e. The van der Waals surface area contributed by atoms with Crippen molar-refractivity contribution in [1.82, 2.24) is 10.2 Å². The number of amides is 1. The Morgan fingerprint density at radius 1 is 1.32 bits per heavy atom. The first-order valence-corrected chi connectivity index (χ1v) is 12.7. The van der Waals surface area contributed by atoms with E-state index in [1.807, 2.05) is 30.3 Å². The Morgan fingerprint density at radius 2 is 2.13 bits per heavy atom. The average molecular weight is 474 g/mol. The number of aromatic nitrogens is 2. The van der Waals surface area contributed by atoms with Crippen LogP contribution in [0, 0.1) is 5.92 Å². The Bertz CT molecular complexity index is 1050. The molecule has 2 atom stereocenters. The number of esters is 1. The second-order valence-corrected chi connectivity index (χ2v) is 10.7. The average Bonchev–Trinajstić information content (AvgIpc) is 3.39. The molecule has 162 valence electrons. The van der Waals surface area contributed by atoms with Crippen LogP contribution < -0.4 is 5.32 Å². The van der Waals surface area contributed by atoms with Gasteiger partial charge in [-0.1, -0.05) is 60.4 Å². The molecule has 1 aromatic carbocycles. The van der Waals surface area contributed by atoms with Crippen LogP contribution in [-0.2, 0) is 22.4 Å². The predicted molar refractivity (Wildman–Crippen MR) is 125 cm³/mol. The molecule has 1 N–H and O–H groups in total. The number of rotatable bonds is 7. The van der Waals surface area contributed by atoms with Crippen LogP contribution in [0.3, 0.4) is 0 Å². The standard InChI is InChI=1S/C22H23N3O3S3/c1-3-28-21(27)17-15-10-9-13(2)11-16(15)30-20(17)24-19(26)18(14-7-5-4-6-8-14)31-22-25-23-12-29-22/h4-8,12-13,18H,3,9-11H2,1-2H3,(H,24,26)/t13-,18-/m1/s1. The normalized spacial score (nSPS) is 16.4. The van der Waals surface area contributed by atoms with Gasteiger partial charge >= 0.3 is 5.97 Å². The van der Waals surface area contributed by atoms with Crippen molar-refractivity contribution in [3.63, 3.8) is 0 Å². The molecule has 0 aliphatic heterocycles. The fourth-order valence-corrected chi connectivity index (χ4v) is 6.73. The van der Waals surface area contributed by atoms with E-state index < -0.39 is 5.25 Å². The van der Waals surface area contributed by atoms with Crippen LogP contribution in [0.2, 0.25) is 0 Å². The van der Waals surface area contributed by atoms with Gasteiger partial charge in [-0.25, -0.2) is 4.79 Å². The number of nitrogens with one attached hydrogen (secondary N) is 1. The topological polar surface area (TPSA) is 81.2 Å². The molecule has 2 heterocycles. The highest BCUT2D eigenvalue weighted by Crippen LogP contribution is 2.42. The van der Waals surface area contributed by atoms with E-state index in [1.165, 1.54) is 39.3 Å². The highest BCUT2D eigenvalue weighted by molar-refractivity contribution is 8.01. The van der Waals surface area contributed by atoms with Crippen molar-refractivity contribution < 1.29 is 14.3 Å². The molecule has 4 rings (SSSR count). The molecular formula is C22H23N3O3S3. The maximum atomic E-state index is 13.4. The Hall–Kier alpha value is -2.23. The number of nitrogens with zero attached hydrogens (tertiary/aromatic N) is 2. The summed E-state index contributed by atoms with van der Waals surface area (Å²) in [7, 11) is 0. The van der Waals surface area contributed by atoms with E-state index in [0.717, 1.165) is 30.4 Å². The van der Waals surface area contributed by atoms with E-state index in [1.54, 1.807) is 12.4 Å². The van der Waals surface area contributed by atoms with Crippen LogP contribution >= 0.6 is 34.4 Å². The lowest BCUT2D eigenvalue weighted by molar-refractivity contribution is -0.115. The zero-order chi connectivity index (χ0) is 21.8. The van der Waals surface area contributed by atoms with E-state index in [-0.39, 0.29) is 11.9 Å². The van der Waals surface area contributed by atoms with Gasteiger partial charge in [0.05, 0.1) is 12.2 Å². The molecule has 9 heteroatoms. The second-order valence-electron chi connectivity index (χ2n) is 7.38. The van der Waals surface area contributed by atoms with E-state index >= 15 is 0 Å². The first kappa shape index (κ1) is 22.0. The van der Waals surface area contributed by atoms with Gasteiger partial charge < -0.3 is 10.1 Å². The molecule has 0 saturated carbocycles. The Balaban J connectivity index is 1.66. The summed E-state index contributed by atoms with van der Waals surface area (Å²) in [5, 5.41) is 11.1. The predicted octanol–water partition coefficient (Wildman–Crippen LogP) is 5.37. The highest BCUT2D eigenvalue weighted by Gasteiger charge is 2.31. The van der Waals surface area contributed by atoms with Gasteiger partial charge in [0, 0.05) is 4.88 Å². The van der Waals surface area contributed by atoms with Crippen LogP contribution in [0.5, 0.6) is 0 Å². The third-order valence-corrected chi connectivity index (χ3v) is 8.36. The summed E-state index contributed by atoms with van der Waals surface area (Å²) in [5.74, 6) is 0.0104. The molecule has 3 aromatic rings. The molecule has 0 saturated heterocycles. The first-order chi connectivity index (χ1) is 15.1. The van der Waals surface area contributed by atoms with Crippen molar-refractivity contribution >= 4 is 51.3 Å². The van der Waals surface area contributed by atoms with E-state index in [4.69, 9.17) is 4.74 Å². The Labute approximate surface area is 193 Å². The van der Waals surface area contributed by atoms with Crippen LogP contribution in [0.1, 0.15) is 51.9 Å².